The minimum absolute atomic E-state index is 0.348. The third-order valence-electron chi connectivity index (χ3n) is 2.04. The van der Waals surface area contributed by atoms with E-state index in [9.17, 15) is 0 Å². The molecule has 0 spiro atoms. The molecule has 0 amide bonds. The van der Waals surface area contributed by atoms with Crippen LogP contribution in [0.5, 0.6) is 0 Å². The van der Waals surface area contributed by atoms with Gasteiger partial charge in [0, 0.05) is 18.4 Å². The van der Waals surface area contributed by atoms with Crippen LogP contribution in [0.1, 0.15) is 31.9 Å². The summed E-state index contributed by atoms with van der Waals surface area (Å²) in [7, 11) is 0. The maximum absolute atomic E-state index is 6.03. The summed E-state index contributed by atoms with van der Waals surface area (Å²) in [5.41, 5.74) is 1.14. The summed E-state index contributed by atoms with van der Waals surface area (Å²) in [5, 5.41) is 4.12. The van der Waals surface area contributed by atoms with E-state index in [2.05, 4.69) is 24.1 Å². The predicted octanol–water partition coefficient (Wildman–Crippen LogP) is 2.80. The van der Waals surface area contributed by atoms with Gasteiger partial charge in [0.25, 0.3) is 0 Å². The number of aromatic nitrogens is 1. The molecule has 0 aromatic carbocycles. The van der Waals surface area contributed by atoms with Crippen LogP contribution in [-0.4, -0.2) is 11.5 Å². The molecule has 1 aromatic heterocycles. The summed E-state index contributed by atoms with van der Waals surface area (Å²) in [5.74, 6) is 0. The van der Waals surface area contributed by atoms with E-state index in [0.717, 1.165) is 23.6 Å². The second-order valence-electron chi connectivity index (χ2n) is 2.92. The molecule has 0 saturated heterocycles. The third-order valence-corrected chi connectivity index (χ3v) is 2.35. The SMILES string of the molecule is CCNC(CC)c1ccncc1Cl. The second-order valence-corrected chi connectivity index (χ2v) is 3.32. The number of halogens is 1. The molecule has 1 rings (SSSR count). The number of nitrogens with one attached hydrogen (secondary N) is 1. The van der Waals surface area contributed by atoms with Crippen LogP contribution in [0.25, 0.3) is 0 Å². The Balaban J connectivity index is 2.84. The lowest BCUT2D eigenvalue weighted by Crippen LogP contribution is -2.20. The average Bonchev–Trinajstić information content (AvgIpc) is 2.16. The average molecular weight is 199 g/mol. The third kappa shape index (κ3) is 2.68. The minimum atomic E-state index is 0.348. The molecule has 72 valence electrons. The maximum Gasteiger partial charge on any atom is 0.0637 e. The van der Waals surface area contributed by atoms with Gasteiger partial charge >= 0.3 is 0 Å². The van der Waals surface area contributed by atoms with E-state index in [-0.39, 0.29) is 0 Å². The van der Waals surface area contributed by atoms with Crippen LogP contribution in [0, 0.1) is 0 Å². The molecule has 1 atom stereocenters. The predicted molar refractivity (Wildman–Crippen MR) is 56.0 cm³/mol. The van der Waals surface area contributed by atoms with Gasteiger partial charge in [0.05, 0.1) is 5.02 Å². The fraction of sp³-hybridized carbons (Fsp3) is 0.500. The number of hydrogen-bond acceptors (Lipinski definition) is 2. The first-order valence-corrected chi connectivity index (χ1v) is 5.00. The first-order chi connectivity index (χ1) is 6.29. The van der Waals surface area contributed by atoms with Crippen molar-refractivity contribution < 1.29 is 0 Å². The highest BCUT2D eigenvalue weighted by Gasteiger charge is 2.10. The number of hydrogen-bond donors (Lipinski definition) is 1. The Bertz CT molecular complexity index is 263. The lowest BCUT2D eigenvalue weighted by atomic mass is 10.1. The summed E-state index contributed by atoms with van der Waals surface area (Å²) in [6, 6.07) is 2.32. The molecular weight excluding hydrogens is 184 g/mol. The first-order valence-electron chi connectivity index (χ1n) is 4.62. The Morgan fingerprint density at radius 3 is 2.85 bits per heavy atom. The van der Waals surface area contributed by atoms with Crippen LogP contribution in [0.3, 0.4) is 0 Å². The first kappa shape index (κ1) is 10.5. The summed E-state index contributed by atoms with van der Waals surface area (Å²) >= 11 is 6.03. The van der Waals surface area contributed by atoms with Gasteiger partial charge in [0.1, 0.15) is 0 Å². The zero-order valence-corrected chi connectivity index (χ0v) is 8.80. The van der Waals surface area contributed by atoms with Gasteiger partial charge in [-0.2, -0.15) is 0 Å². The van der Waals surface area contributed by atoms with Gasteiger partial charge in [-0.1, -0.05) is 25.4 Å². The van der Waals surface area contributed by atoms with Gasteiger partial charge in [-0.25, -0.2) is 0 Å². The Morgan fingerprint density at radius 2 is 2.31 bits per heavy atom. The quantitative estimate of drug-likeness (QED) is 0.805. The van der Waals surface area contributed by atoms with E-state index < -0.39 is 0 Å². The molecule has 0 bridgehead atoms. The lowest BCUT2D eigenvalue weighted by molar-refractivity contribution is 0.537. The monoisotopic (exact) mass is 198 g/mol. The van der Waals surface area contributed by atoms with Crippen LogP contribution in [0.2, 0.25) is 5.02 Å². The minimum Gasteiger partial charge on any atom is -0.310 e. The molecule has 1 N–H and O–H groups in total. The molecule has 1 unspecified atom stereocenters. The van der Waals surface area contributed by atoms with Crippen LogP contribution >= 0.6 is 11.6 Å². The molecule has 1 aromatic rings. The molecule has 0 aliphatic carbocycles. The standard InChI is InChI=1S/C10H15ClN2/c1-3-10(13-4-2)8-5-6-12-7-9(8)11/h5-7,10,13H,3-4H2,1-2H3. The normalized spacial score (nSPS) is 12.8. The van der Waals surface area contributed by atoms with Crippen molar-refractivity contribution >= 4 is 11.6 Å². The summed E-state index contributed by atoms with van der Waals surface area (Å²) in [6.07, 6.45) is 4.51. The van der Waals surface area contributed by atoms with Gasteiger partial charge in [-0.3, -0.25) is 4.98 Å². The van der Waals surface area contributed by atoms with Crippen LogP contribution in [0.4, 0.5) is 0 Å². The molecule has 13 heavy (non-hydrogen) atoms. The van der Waals surface area contributed by atoms with Gasteiger partial charge in [0.2, 0.25) is 0 Å². The van der Waals surface area contributed by atoms with Gasteiger partial charge in [-0.05, 0) is 24.6 Å². The van der Waals surface area contributed by atoms with E-state index in [4.69, 9.17) is 11.6 Å². The highest BCUT2D eigenvalue weighted by Crippen LogP contribution is 2.23. The topological polar surface area (TPSA) is 24.9 Å². The van der Waals surface area contributed by atoms with Crippen molar-refractivity contribution in [2.45, 2.75) is 26.3 Å². The van der Waals surface area contributed by atoms with Crippen LogP contribution in [-0.2, 0) is 0 Å². The molecule has 0 aliphatic rings. The van der Waals surface area contributed by atoms with E-state index >= 15 is 0 Å². The van der Waals surface area contributed by atoms with E-state index in [1.165, 1.54) is 0 Å². The van der Waals surface area contributed by atoms with Crippen molar-refractivity contribution in [3.8, 4) is 0 Å². The van der Waals surface area contributed by atoms with E-state index in [1.54, 1.807) is 12.4 Å². The van der Waals surface area contributed by atoms with Crippen molar-refractivity contribution in [3.63, 3.8) is 0 Å². The highest BCUT2D eigenvalue weighted by molar-refractivity contribution is 6.31. The van der Waals surface area contributed by atoms with Gasteiger partial charge in [0.15, 0.2) is 0 Å². The number of nitrogens with zero attached hydrogens (tertiary/aromatic N) is 1. The molecule has 0 radical (unpaired) electrons. The Morgan fingerprint density at radius 1 is 1.54 bits per heavy atom. The molecule has 1 heterocycles. The van der Waals surface area contributed by atoms with Crippen molar-refractivity contribution in [2.24, 2.45) is 0 Å². The summed E-state index contributed by atoms with van der Waals surface area (Å²) < 4.78 is 0. The van der Waals surface area contributed by atoms with Crippen molar-refractivity contribution in [1.82, 2.24) is 10.3 Å². The number of rotatable bonds is 4. The lowest BCUT2D eigenvalue weighted by Gasteiger charge is -2.16. The molecule has 0 aliphatic heterocycles. The van der Waals surface area contributed by atoms with Crippen LogP contribution < -0.4 is 5.32 Å². The fourth-order valence-electron chi connectivity index (χ4n) is 1.39. The van der Waals surface area contributed by atoms with Crippen molar-refractivity contribution in [2.75, 3.05) is 6.54 Å². The zero-order chi connectivity index (χ0) is 9.68. The summed E-state index contributed by atoms with van der Waals surface area (Å²) in [4.78, 5) is 3.96. The van der Waals surface area contributed by atoms with Gasteiger partial charge < -0.3 is 5.32 Å². The largest absolute Gasteiger partial charge is 0.310 e. The van der Waals surface area contributed by atoms with Crippen molar-refractivity contribution in [3.05, 3.63) is 29.0 Å². The molecule has 3 heteroatoms. The molecule has 2 nitrogen and oxygen atoms in total. The van der Waals surface area contributed by atoms with Gasteiger partial charge in [-0.15, -0.1) is 0 Å². The number of pyridine rings is 1. The smallest absolute Gasteiger partial charge is 0.0637 e. The second kappa shape index (κ2) is 5.20. The Labute approximate surface area is 84.3 Å². The van der Waals surface area contributed by atoms with Crippen LogP contribution in [0.15, 0.2) is 18.5 Å². The summed E-state index contributed by atoms with van der Waals surface area (Å²) in [6.45, 7) is 5.19. The molecule has 0 saturated carbocycles. The fourth-order valence-corrected chi connectivity index (χ4v) is 1.64. The Kier molecular flexibility index (Phi) is 4.19. The van der Waals surface area contributed by atoms with Crippen molar-refractivity contribution in [1.29, 1.82) is 0 Å². The molecule has 0 fully saturated rings. The Hall–Kier alpha value is -0.600. The van der Waals surface area contributed by atoms with E-state index in [0.29, 0.717) is 6.04 Å². The molecular formula is C10H15ClN2. The highest BCUT2D eigenvalue weighted by atomic mass is 35.5. The van der Waals surface area contributed by atoms with E-state index in [1.807, 2.05) is 6.07 Å². The maximum atomic E-state index is 6.03. The zero-order valence-electron chi connectivity index (χ0n) is 8.05.